The summed E-state index contributed by atoms with van der Waals surface area (Å²) >= 11 is 7.79. The molecule has 3 rings (SSSR count). The lowest BCUT2D eigenvalue weighted by atomic mass is 10.2. The standard InChI is InChI=1S/C20H23ClN2O2S/c1-25-17-8-6-16(7-9-17)22-11-13-23(14-12-22)20(24)10-15-26-19-5-3-2-4-18(19)21/h2-9H,10-15H2,1H3. The molecule has 0 spiro atoms. The van der Waals surface area contributed by atoms with E-state index in [1.807, 2.05) is 41.3 Å². The summed E-state index contributed by atoms with van der Waals surface area (Å²) in [6.45, 7) is 3.24. The van der Waals surface area contributed by atoms with Crippen LogP contribution >= 0.6 is 23.4 Å². The highest BCUT2D eigenvalue weighted by Gasteiger charge is 2.21. The monoisotopic (exact) mass is 390 g/mol. The predicted octanol–water partition coefficient (Wildman–Crippen LogP) is 4.18. The molecule has 26 heavy (non-hydrogen) atoms. The highest BCUT2D eigenvalue weighted by Crippen LogP contribution is 2.27. The van der Waals surface area contributed by atoms with Crippen LogP contribution in [-0.2, 0) is 4.79 Å². The van der Waals surface area contributed by atoms with E-state index in [4.69, 9.17) is 16.3 Å². The average Bonchev–Trinajstić information content (AvgIpc) is 2.69. The molecular weight excluding hydrogens is 368 g/mol. The highest BCUT2D eigenvalue weighted by molar-refractivity contribution is 7.99. The molecule has 0 aromatic heterocycles. The summed E-state index contributed by atoms with van der Waals surface area (Å²) in [4.78, 5) is 17.8. The Balaban J connectivity index is 1.43. The third-order valence-electron chi connectivity index (χ3n) is 4.48. The third-order valence-corrected chi connectivity index (χ3v) is 6.00. The van der Waals surface area contributed by atoms with Gasteiger partial charge in [-0.25, -0.2) is 0 Å². The second-order valence-electron chi connectivity index (χ2n) is 6.09. The number of piperazine rings is 1. The molecule has 1 aliphatic heterocycles. The Morgan fingerprint density at radius 3 is 2.42 bits per heavy atom. The second-order valence-corrected chi connectivity index (χ2v) is 7.64. The summed E-state index contributed by atoms with van der Waals surface area (Å²) in [5.41, 5.74) is 1.17. The van der Waals surface area contributed by atoms with Gasteiger partial charge >= 0.3 is 0 Å². The molecule has 2 aromatic rings. The van der Waals surface area contributed by atoms with Crippen molar-refractivity contribution in [2.45, 2.75) is 11.3 Å². The van der Waals surface area contributed by atoms with E-state index >= 15 is 0 Å². The zero-order valence-corrected chi connectivity index (χ0v) is 16.4. The molecule has 2 aromatic carbocycles. The van der Waals surface area contributed by atoms with Crippen LogP contribution in [0.2, 0.25) is 5.02 Å². The number of anilines is 1. The number of carbonyl (C=O) groups excluding carboxylic acids is 1. The van der Waals surface area contributed by atoms with E-state index in [2.05, 4.69) is 17.0 Å². The average molecular weight is 391 g/mol. The number of halogens is 1. The van der Waals surface area contributed by atoms with E-state index < -0.39 is 0 Å². The Hall–Kier alpha value is -1.85. The van der Waals surface area contributed by atoms with Crippen LogP contribution in [0.4, 0.5) is 5.69 Å². The number of nitrogens with zero attached hydrogens (tertiary/aromatic N) is 2. The van der Waals surface area contributed by atoms with Crippen molar-refractivity contribution in [1.29, 1.82) is 0 Å². The summed E-state index contributed by atoms with van der Waals surface area (Å²) in [6.07, 6.45) is 0.540. The van der Waals surface area contributed by atoms with Crippen molar-refractivity contribution < 1.29 is 9.53 Å². The van der Waals surface area contributed by atoms with E-state index in [0.29, 0.717) is 6.42 Å². The first-order valence-corrected chi connectivity index (χ1v) is 10.1. The van der Waals surface area contributed by atoms with E-state index in [-0.39, 0.29) is 5.91 Å². The maximum Gasteiger partial charge on any atom is 0.223 e. The molecule has 1 heterocycles. The molecule has 1 aliphatic rings. The molecule has 1 amide bonds. The topological polar surface area (TPSA) is 32.8 Å². The van der Waals surface area contributed by atoms with Crippen molar-refractivity contribution in [2.75, 3.05) is 43.9 Å². The van der Waals surface area contributed by atoms with Gasteiger partial charge in [0.25, 0.3) is 0 Å². The van der Waals surface area contributed by atoms with Crippen LogP contribution in [0.25, 0.3) is 0 Å². The van der Waals surface area contributed by atoms with Crippen LogP contribution in [-0.4, -0.2) is 49.8 Å². The minimum Gasteiger partial charge on any atom is -0.497 e. The van der Waals surface area contributed by atoms with Gasteiger partial charge in [-0.3, -0.25) is 4.79 Å². The first-order chi connectivity index (χ1) is 12.7. The van der Waals surface area contributed by atoms with Crippen molar-refractivity contribution in [1.82, 2.24) is 4.90 Å². The number of hydrogen-bond donors (Lipinski definition) is 0. The molecule has 0 aliphatic carbocycles. The third kappa shape index (κ3) is 4.86. The smallest absolute Gasteiger partial charge is 0.223 e. The molecule has 0 bridgehead atoms. The molecule has 1 saturated heterocycles. The summed E-state index contributed by atoms with van der Waals surface area (Å²) in [5.74, 6) is 1.83. The van der Waals surface area contributed by atoms with Gasteiger partial charge in [0.15, 0.2) is 0 Å². The summed E-state index contributed by atoms with van der Waals surface area (Å²) in [6, 6.07) is 15.8. The van der Waals surface area contributed by atoms with E-state index in [9.17, 15) is 4.79 Å². The van der Waals surface area contributed by atoms with Crippen LogP contribution in [0.15, 0.2) is 53.4 Å². The number of carbonyl (C=O) groups is 1. The number of rotatable bonds is 6. The van der Waals surface area contributed by atoms with Crippen molar-refractivity contribution in [3.8, 4) is 5.75 Å². The lowest BCUT2D eigenvalue weighted by Gasteiger charge is -2.36. The van der Waals surface area contributed by atoms with Gasteiger partial charge in [0.05, 0.1) is 12.1 Å². The summed E-state index contributed by atoms with van der Waals surface area (Å²) in [5, 5.41) is 0.748. The predicted molar refractivity (Wildman–Crippen MR) is 109 cm³/mol. The molecule has 4 nitrogen and oxygen atoms in total. The van der Waals surface area contributed by atoms with Crippen LogP contribution in [0.1, 0.15) is 6.42 Å². The number of hydrogen-bond acceptors (Lipinski definition) is 4. The first-order valence-electron chi connectivity index (χ1n) is 8.71. The number of methoxy groups -OCH3 is 1. The van der Waals surface area contributed by atoms with Gasteiger partial charge in [-0.05, 0) is 36.4 Å². The number of benzene rings is 2. The van der Waals surface area contributed by atoms with Crippen molar-refractivity contribution >= 4 is 35.0 Å². The quantitative estimate of drug-likeness (QED) is 0.693. The SMILES string of the molecule is COc1ccc(N2CCN(C(=O)CCSc3ccccc3Cl)CC2)cc1. The van der Waals surface area contributed by atoms with Gasteiger partial charge < -0.3 is 14.5 Å². The number of amides is 1. The molecule has 0 radical (unpaired) electrons. The zero-order valence-electron chi connectivity index (χ0n) is 14.9. The van der Waals surface area contributed by atoms with Crippen molar-refractivity contribution in [3.05, 3.63) is 53.6 Å². The molecule has 0 atom stereocenters. The fourth-order valence-corrected chi connectivity index (χ4v) is 4.15. The molecule has 6 heteroatoms. The van der Waals surface area contributed by atoms with Gasteiger partial charge in [0.2, 0.25) is 5.91 Å². The molecule has 0 unspecified atom stereocenters. The van der Waals surface area contributed by atoms with Crippen LogP contribution in [0.5, 0.6) is 5.75 Å². The lowest BCUT2D eigenvalue weighted by molar-refractivity contribution is -0.131. The van der Waals surface area contributed by atoms with Gasteiger partial charge in [-0.1, -0.05) is 23.7 Å². The summed E-state index contributed by atoms with van der Waals surface area (Å²) < 4.78 is 5.20. The zero-order chi connectivity index (χ0) is 18.4. The Morgan fingerprint density at radius 1 is 1.08 bits per heavy atom. The maximum absolute atomic E-state index is 12.4. The molecule has 0 saturated carbocycles. The Morgan fingerprint density at radius 2 is 1.77 bits per heavy atom. The Bertz CT molecular complexity index is 731. The fraction of sp³-hybridized carbons (Fsp3) is 0.350. The summed E-state index contributed by atoms with van der Waals surface area (Å²) in [7, 11) is 1.67. The van der Waals surface area contributed by atoms with Crippen LogP contribution < -0.4 is 9.64 Å². The van der Waals surface area contributed by atoms with Crippen molar-refractivity contribution in [2.24, 2.45) is 0 Å². The van der Waals surface area contributed by atoms with E-state index in [0.717, 1.165) is 47.6 Å². The van der Waals surface area contributed by atoms with Crippen LogP contribution in [0.3, 0.4) is 0 Å². The molecule has 138 valence electrons. The van der Waals surface area contributed by atoms with Gasteiger partial charge in [-0.15, -0.1) is 11.8 Å². The Kier molecular flexibility index (Phi) is 6.69. The first kappa shape index (κ1) is 18.9. The minimum absolute atomic E-state index is 0.221. The van der Waals surface area contributed by atoms with Crippen LogP contribution in [0, 0.1) is 0 Å². The maximum atomic E-state index is 12.4. The van der Waals surface area contributed by atoms with Crippen molar-refractivity contribution in [3.63, 3.8) is 0 Å². The molecular formula is C20H23ClN2O2S. The van der Waals surface area contributed by atoms with Gasteiger partial charge in [-0.2, -0.15) is 0 Å². The lowest BCUT2D eigenvalue weighted by Crippen LogP contribution is -2.48. The number of ether oxygens (including phenoxy) is 1. The normalized spacial score (nSPS) is 14.4. The largest absolute Gasteiger partial charge is 0.497 e. The Labute approximate surface area is 164 Å². The molecule has 0 N–H and O–H groups in total. The number of thioether (sulfide) groups is 1. The highest BCUT2D eigenvalue weighted by atomic mass is 35.5. The van der Waals surface area contributed by atoms with Gasteiger partial charge in [0.1, 0.15) is 5.75 Å². The second kappa shape index (κ2) is 9.19. The van der Waals surface area contributed by atoms with Gasteiger partial charge in [0, 0.05) is 48.9 Å². The minimum atomic E-state index is 0.221. The van der Waals surface area contributed by atoms with E-state index in [1.54, 1.807) is 18.9 Å². The van der Waals surface area contributed by atoms with E-state index in [1.165, 1.54) is 5.69 Å². The molecule has 1 fully saturated rings. The fourth-order valence-electron chi connectivity index (χ4n) is 2.98.